The zero-order valence-corrected chi connectivity index (χ0v) is 21.6. The normalized spacial score (nSPS) is 20.9. The van der Waals surface area contributed by atoms with Crippen molar-refractivity contribution in [2.45, 2.75) is 38.0 Å². The van der Waals surface area contributed by atoms with E-state index in [4.69, 9.17) is 14.5 Å². The van der Waals surface area contributed by atoms with Crippen LogP contribution in [0.1, 0.15) is 48.3 Å². The van der Waals surface area contributed by atoms with Crippen LogP contribution >= 0.6 is 0 Å². The third-order valence-electron chi connectivity index (χ3n) is 7.45. The molecule has 194 valence electrons. The first-order valence-corrected chi connectivity index (χ1v) is 12.9. The Hall–Kier alpha value is -4.19. The molecule has 2 aliphatic rings. The first-order valence-electron chi connectivity index (χ1n) is 12.9. The minimum absolute atomic E-state index is 0.00671. The summed E-state index contributed by atoms with van der Waals surface area (Å²) in [5.74, 6) is -1.46. The number of methoxy groups -OCH3 is 1. The van der Waals surface area contributed by atoms with Crippen LogP contribution in [0.2, 0.25) is 0 Å². The highest BCUT2D eigenvalue weighted by Crippen LogP contribution is 2.47. The van der Waals surface area contributed by atoms with Crippen LogP contribution in [0.3, 0.4) is 0 Å². The van der Waals surface area contributed by atoms with Gasteiger partial charge in [-0.15, -0.1) is 0 Å². The number of aromatic hydroxyl groups is 1. The molecule has 3 atom stereocenters. The van der Waals surface area contributed by atoms with E-state index in [-0.39, 0.29) is 29.8 Å². The van der Waals surface area contributed by atoms with Crippen LogP contribution in [-0.2, 0) is 20.7 Å². The Balaban J connectivity index is 1.49. The maximum atomic E-state index is 13.7. The number of phenols is 1. The largest absolute Gasteiger partial charge is 0.504 e. The lowest BCUT2D eigenvalue weighted by Gasteiger charge is -2.36. The zero-order chi connectivity index (χ0) is 26.6. The predicted octanol–water partition coefficient (Wildman–Crippen LogP) is 5.76. The van der Waals surface area contributed by atoms with Crippen molar-refractivity contribution in [3.8, 4) is 11.5 Å². The summed E-state index contributed by atoms with van der Waals surface area (Å²) in [6.45, 7) is 2.06. The number of carbonyl (C=O) groups excluding carboxylic acids is 2. The van der Waals surface area contributed by atoms with E-state index in [0.717, 1.165) is 16.8 Å². The molecule has 5 rings (SSSR count). The fourth-order valence-corrected chi connectivity index (χ4v) is 5.58. The topological polar surface area (TPSA) is 85.2 Å². The number of nitrogens with zero attached hydrogens (tertiary/aromatic N) is 1. The molecule has 6 nitrogen and oxygen atoms in total. The molecular weight excluding hydrogens is 478 g/mol. The zero-order valence-electron chi connectivity index (χ0n) is 21.6. The summed E-state index contributed by atoms with van der Waals surface area (Å²) in [4.78, 5) is 32.1. The molecule has 0 radical (unpaired) electrons. The Morgan fingerprint density at radius 3 is 2.39 bits per heavy atom. The minimum atomic E-state index is -0.754. The Morgan fingerprint density at radius 1 is 0.974 bits per heavy atom. The summed E-state index contributed by atoms with van der Waals surface area (Å²) in [6.07, 6.45) is 1.56. The van der Waals surface area contributed by atoms with E-state index in [1.54, 1.807) is 12.1 Å². The monoisotopic (exact) mass is 509 g/mol. The Kier molecular flexibility index (Phi) is 7.40. The Labute approximate surface area is 222 Å². The second-order valence-electron chi connectivity index (χ2n) is 9.84. The van der Waals surface area contributed by atoms with Crippen LogP contribution in [0.5, 0.6) is 11.5 Å². The first-order chi connectivity index (χ1) is 18.5. The molecule has 6 heteroatoms. The number of rotatable bonds is 7. The van der Waals surface area contributed by atoms with Gasteiger partial charge < -0.3 is 14.6 Å². The van der Waals surface area contributed by atoms with Crippen LogP contribution in [-0.4, -0.2) is 36.3 Å². The molecule has 0 bridgehead atoms. The predicted molar refractivity (Wildman–Crippen MR) is 146 cm³/mol. The average molecular weight is 510 g/mol. The van der Waals surface area contributed by atoms with Gasteiger partial charge >= 0.3 is 5.97 Å². The summed E-state index contributed by atoms with van der Waals surface area (Å²) < 4.78 is 11.1. The molecular formula is C32H31NO5. The summed E-state index contributed by atoms with van der Waals surface area (Å²) >= 11 is 0. The lowest BCUT2D eigenvalue weighted by Crippen LogP contribution is -2.38. The van der Waals surface area contributed by atoms with Crippen LogP contribution in [0.15, 0.2) is 95.1 Å². The molecule has 0 fully saturated rings. The van der Waals surface area contributed by atoms with E-state index in [0.29, 0.717) is 36.1 Å². The van der Waals surface area contributed by atoms with E-state index >= 15 is 0 Å². The molecule has 1 aliphatic carbocycles. The number of Topliss-reactive ketones (excluding diaryl/α,β-unsaturated/α-hetero) is 1. The Morgan fingerprint density at radius 2 is 1.68 bits per heavy atom. The van der Waals surface area contributed by atoms with Gasteiger partial charge in [0, 0.05) is 35.7 Å². The first kappa shape index (κ1) is 25.5. The van der Waals surface area contributed by atoms with Crippen LogP contribution in [0, 0.1) is 5.92 Å². The van der Waals surface area contributed by atoms with Crippen molar-refractivity contribution in [3.05, 3.63) is 107 Å². The third kappa shape index (κ3) is 5.12. The maximum absolute atomic E-state index is 13.7. The van der Waals surface area contributed by atoms with Crippen LogP contribution < -0.4 is 4.74 Å². The summed E-state index contributed by atoms with van der Waals surface area (Å²) in [6, 6.07) is 24.8. The van der Waals surface area contributed by atoms with E-state index < -0.39 is 17.8 Å². The van der Waals surface area contributed by atoms with Crippen molar-refractivity contribution in [2.24, 2.45) is 10.9 Å². The van der Waals surface area contributed by atoms with E-state index in [1.165, 1.54) is 13.2 Å². The maximum Gasteiger partial charge on any atom is 0.315 e. The summed E-state index contributed by atoms with van der Waals surface area (Å²) in [5, 5.41) is 10.2. The standard InChI is InChI=1S/C32H31NO5/c1-20-29(32(36)38-16-15-21-9-5-3-6-10-21)30(23-13-14-26(34)28(19-23)37-2)31-25(33-20)17-24(18-27(31)35)22-11-7-4-8-12-22/h3-14,19,24,29-30,34H,15-18H2,1-2H3/t24-,29?,30-/m1/s1. The highest BCUT2D eigenvalue weighted by molar-refractivity contribution is 6.09. The molecule has 1 N–H and O–H groups in total. The van der Waals surface area contributed by atoms with Crippen molar-refractivity contribution in [1.29, 1.82) is 0 Å². The van der Waals surface area contributed by atoms with Gasteiger partial charge in [0.15, 0.2) is 17.3 Å². The number of phenolic OH excluding ortho intramolecular Hbond substituents is 1. The van der Waals surface area contributed by atoms with Crippen molar-refractivity contribution in [2.75, 3.05) is 13.7 Å². The number of esters is 1. The number of benzene rings is 3. The minimum Gasteiger partial charge on any atom is -0.504 e. The van der Waals surface area contributed by atoms with Gasteiger partial charge in [-0.25, -0.2) is 0 Å². The van der Waals surface area contributed by atoms with Gasteiger partial charge in [-0.05, 0) is 48.1 Å². The SMILES string of the molecule is COc1cc([C@H]2C3=C(C[C@@H](c4ccccc4)CC3=O)N=C(C)C2C(=O)OCCc2ccccc2)ccc1O. The molecule has 3 aromatic carbocycles. The lowest BCUT2D eigenvalue weighted by molar-refractivity contribution is -0.146. The van der Waals surface area contributed by atoms with E-state index in [9.17, 15) is 14.7 Å². The van der Waals surface area contributed by atoms with Gasteiger partial charge in [0.2, 0.25) is 0 Å². The van der Waals surface area contributed by atoms with Crippen molar-refractivity contribution >= 4 is 17.5 Å². The molecule has 1 aliphatic heterocycles. The number of ether oxygens (including phenoxy) is 2. The highest BCUT2D eigenvalue weighted by atomic mass is 16.5. The molecule has 0 saturated carbocycles. The van der Waals surface area contributed by atoms with Gasteiger partial charge in [-0.1, -0.05) is 66.7 Å². The number of hydrogen-bond acceptors (Lipinski definition) is 6. The molecule has 0 spiro atoms. The second kappa shape index (κ2) is 11.1. The number of aliphatic imine (C=N–C) groups is 1. The van der Waals surface area contributed by atoms with E-state index in [1.807, 2.05) is 67.6 Å². The third-order valence-corrected chi connectivity index (χ3v) is 7.45. The number of ketones is 1. The van der Waals surface area contributed by atoms with Gasteiger partial charge in [-0.3, -0.25) is 14.6 Å². The van der Waals surface area contributed by atoms with Gasteiger partial charge in [0.05, 0.1) is 13.7 Å². The lowest BCUT2D eigenvalue weighted by atomic mass is 9.69. The molecule has 0 amide bonds. The summed E-state index contributed by atoms with van der Waals surface area (Å²) in [5.41, 5.74) is 4.78. The second-order valence-corrected chi connectivity index (χ2v) is 9.84. The quantitative estimate of drug-likeness (QED) is 0.409. The van der Waals surface area contributed by atoms with Gasteiger partial charge in [0.25, 0.3) is 0 Å². The van der Waals surface area contributed by atoms with Gasteiger partial charge in [0.1, 0.15) is 5.92 Å². The highest BCUT2D eigenvalue weighted by Gasteiger charge is 2.45. The van der Waals surface area contributed by atoms with Crippen molar-refractivity contribution < 1.29 is 24.2 Å². The molecule has 38 heavy (non-hydrogen) atoms. The van der Waals surface area contributed by atoms with Crippen LogP contribution in [0.4, 0.5) is 0 Å². The number of hydrogen-bond donors (Lipinski definition) is 1. The fourth-order valence-electron chi connectivity index (χ4n) is 5.58. The number of carbonyl (C=O) groups is 2. The van der Waals surface area contributed by atoms with Gasteiger partial charge in [-0.2, -0.15) is 0 Å². The number of allylic oxidation sites excluding steroid dienone is 2. The molecule has 0 aromatic heterocycles. The van der Waals surface area contributed by atoms with Crippen molar-refractivity contribution in [1.82, 2.24) is 0 Å². The molecule has 3 aromatic rings. The summed E-state index contributed by atoms with van der Waals surface area (Å²) in [7, 11) is 1.47. The van der Waals surface area contributed by atoms with Crippen LogP contribution in [0.25, 0.3) is 0 Å². The smallest absolute Gasteiger partial charge is 0.315 e. The fraction of sp³-hybridized carbons (Fsp3) is 0.281. The molecule has 1 heterocycles. The van der Waals surface area contributed by atoms with Crippen molar-refractivity contribution in [3.63, 3.8) is 0 Å². The van der Waals surface area contributed by atoms with E-state index in [2.05, 4.69) is 0 Å². The molecule has 1 unspecified atom stereocenters. The Bertz CT molecular complexity index is 1390. The molecule has 0 saturated heterocycles. The average Bonchev–Trinajstić information content (AvgIpc) is 2.93.